The molecule has 17 heavy (non-hydrogen) atoms. The maximum absolute atomic E-state index is 11.7. The molecule has 4 heteroatoms. The molecule has 1 aliphatic carbocycles. The molecule has 98 valence electrons. The minimum absolute atomic E-state index is 0.00954. The highest BCUT2D eigenvalue weighted by molar-refractivity contribution is 5.77. The van der Waals surface area contributed by atoms with E-state index in [1.165, 1.54) is 0 Å². The van der Waals surface area contributed by atoms with Gasteiger partial charge in [-0.1, -0.05) is 20.8 Å². The second-order valence-electron chi connectivity index (χ2n) is 5.49. The maximum atomic E-state index is 11.7. The Morgan fingerprint density at radius 3 is 2.41 bits per heavy atom. The molecule has 1 aliphatic rings. The molecule has 4 atom stereocenters. The Hall–Kier alpha value is -1.06. The van der Waals surface area contributed by atoms with Crippen LogP contribution < -0.4 is 5.32 Å². The van der Waals surface area contributed by atoms with Crippen LogP contribution in [0.1, 0.15) is 46.5 Å². The van der Waals surface area contributed by atoms with Crippen LogP contribution in [0.2, 0.25) is 0 Å². The summed E-state index contributed by atoms with van der Waals surface area (Å²) in [5.41, 5.74) is 0. The van der Waals surface area contributed by atoms with Crippen molar-refractivity contribution in [1.29, 1.82) is 0 Å². The summed E-state index contributed by atoms with van der Waals surface area (Å²) in [6, 6.07) is 0.273. The number of carbonyl (C=O) groups excluding carboxylic acids is 1. The van der Waals surface area contributed by atoms with Gasteiger partial charge >= 0.3 is 5.97 Å². The molecule has 4 unspecified atom stereocenters. The molecule has 1 saturated carbocycles. The Morgan fingerprint density at radius 2 is 1.94 bits per heavy atom. The summed E-state index contributed by atoms with van der Waals surface area (Å²) < 4.78 is 0. The Bertz CT molecular complexity index is 290. The molecular formula is C13H23NO3. The molecule has 0 aromatic rings. The average molecular weight is 241 g/mol. The van der Waals surface area contributed by atoms with Crippen LogP contribution in [-0.4, -0.2) is 23.0 Å². The van der Waals surface area contributed by atoms with Crippen LogP contribution in [0.25, 0.3) is 0 Å². The lowest BCUT2D eigenvalue weighted by Crippen LogP contribution is -2.38. The summed E-state index contributed by atoms with van der Waals surface area (Å²) in [5.74, 6) is 0.241. The van der Waals surface area contributed by atoms with Gasteiger partial charge in [0.2, 0.25) is 5.91 Å². The molecule has 0 aromatic heterocycles. The van der Waals surface area contributed by atoms with Crippen molar-refractivity contribution in [2.45, 2.75) is 52.5 Å². The number of nitrogens with one attached hydrogen (secondary N) is 1. The number of carboxylic acids is 1. The van der Waals surface area contributed by atoms with Crippen molar-refractivity contribution in [3.63, 3.8) is 0 Å². The third kappa shape index (κ3) is 4.36. The number of rotatable bonds is 5. The van der Waals surface area contributed by atoms with E-state index in [2.05, 4.69) is 19.2 Å². The van der Waals surface area contributed by atoms with Crippen LogP contribution in [0.15, 0.2) is 0 Å². The van der Waals surface area contributed by atoms with Gasteiger partial charge in [0, 0.05) is 18.9 Å². The van der Waals surface area contributed by atoms with Gasteiger partial charge in [0.05, 0.1) is 0 Å². The van der Waals surface area contributed by atoms with Crippen molar-refractivity contribution in [2.75, 3.05) is 0 Å². The van der Waals surface area contributed by atoms with Crippen molar-refractivity contribution in [1.82, 2.24) is 5.32 Å². The van der Waals surface area contributed by atoms with Crippen LogP contribution in [0, 0.1) is 17.8 Å². The van der Waals surface area contributed by atoms with Gasteiger partial charge in [-0.05, 0) is 30.6 Å². The zero-order chi connectivity index (χ0) is 13.0. The predicted molar refractivity (Wildman–Crippen MR) is 65.5 cm³/mol. The fourth-order valence-corrected chi connectivity index (χ4v) is 2.52. The molecular weight excluding hydrogens is 218 g/mol. The first-order valence-corrected chi connectivity index (χ1v) is 6.41. The van der Waals surface area contributed by atoms with E-state index in [1.54, 1.807) is 6.92 Å². The van der Waals surface area contributed by atoms with E-state index in [1.807, 2.05) is 0 Å². The smallest absolute Gasteiger partial charge is 0.303 e. The van der Waals surface area contributed by atoms with Gasteiger partial charge in [-0.2, -0.15) is 0 Å². The number of hydrogen-bond acceptors (Lipinski definition) is 2. The van der Waals surface area contributed by atoms with Crippen LogP contribution in [0.5, 0.6) is 0 Å². The van der Waals surface area contributed by atoms with Gasteiger partial charge in [0.25, 0.3) is 0 Å². The van der Waals surface area contributed by atoms with E-state index in [0.717, 1.165) is 12.8 Å². The second kappa shape index (κ2) is 6.03. The number of hydrogen-bond donors (Lipinski definition) is 2. The largest absolute Gasteiger partial charge is 0.481 e. The zero-order valence-corrected chi connectivity index (χ0v) is 10.9. The Kier molecular flexibility index (Phi) is 4.97. The standard InChI is InChI=1S/C13H23NO3/c1-8(7-13(16)17)6-12(15)14-11-5-4-9(2)10(11)3/h8-11H,4-7H2,1-3H3,(H,14,15)(H,16,17). The minimum atomic E-state index is -0.840. The number of carbonyl (C=O) groups is 2. The minimum Gasteiger partial charge on any atom is -0.481 e. The number of amides is 1. The van der Waals surface area contributed by atoms with Gasteiger partial charge in [0.15, 0.2) is 0 Å². The molecule has 4 nitrogen and oxygen atoms in total. The lowest BCUT2D eigenvalue weighted by molar-refractivity contribution is -0.138. The topological polar surface area (TPSA) is 66.4 Å². The summed E-state index contributed by atoms with van der Waals surface area (Å²) in [5, 5.41) is 11.7. The summed E-state index contributed by atoms with van der Waals surface area (Å²) in [6.07, 6.45) is 2.58. The molecule has 1 amide bonds. The summed E-state index contributed by atoms with van der Waals surface area (Å²) in [7, 11) is 0. The van der Waals surface area contributed by atoms with E-state index in [0.29, 0.717) is 18.3 Å². The molecule has 0 radical (unpaired) electrons. The highest BCUT2D eigenvalue weighted by Crippen LogP contribution is 2.31. The molecule has 0 saturated heterocycles. The first-order valence-electron chi connectivity index (χ1n) is 6.41. The van der Waals surface area contributed by atoms with Crippen LogP contribution in [-0.2, 0) is 9.59 Å². The quantitative estimate of drug-likeness (QED) is 0.774. The van der Waals surface area contributed by atoms with E-state index in [-0.39, 0.29) is 24.3 Å². The third-order valence-corrected chi connectivity index (χ3v) is 3.87. The molecule has 0 heterocycles. The van der Waals surface area contributed by atoms with Crippen LogP contribution >= 0.6 is 0 Å². The molecule has 1 fully saturated rings. The SMILES string of the molecule is CC(CC(=O)O)CC(=O)NC1CCC(C)C1C. The maximum Gasteiger partial charge on any atom is 0.303 e. The lowest BCUT2D eigenvalue weighted by Gasteiger charge is -2.20. The van der Waals surface area contributed by atoms with E-state index >= 15 is 0 Å². The average Bonchev–Trinajstić information content (AvgIpc) is 2.48. The Balaban J connectivity index is 2.32. The normalized spacial score (nSPS) is 29.9. The Morgan fingerprint density at radius 1 is 1.29 bits per heavy atom. The highest BCUT2D eigenvalue weighted by Gasteiger charge is 2.30. The first kappa shape index (κ1) is 14.0. The van der Waals surface area contributed by atoms with Crippen LogP contribution in [0.4, 0.5) is 0 Å². The van der Waals surface area contributed by atoms with Gasteiger partial charge in [0.1, 0.15) is 0 Å². The molecule has 0 aromatic carbocycles. The van der Waals surface area contributed by atoms with E-state index < -0.39 is 5.97 Å². The van der Waals surface area contributed by atoms with Crippen molar-refractivity contribution in [3.8, 4) is 0 Å². The lowest BCUT2D eigenvalue weighted by atomic mass is 9.97. The second-order valence-corrected chi connectivity index (χ2v) is 5.49. The van der Waals surface area contributed by atoms with Crippen LogP contribution in [0.3, 0.4) is 0 Å². The fraction of sp³-hybridized carbons (Fsp3) is 0.846. The van der Waals surface area contributed by atoms with Crippen molar-refractivity contribution in [2.24, 2.45) is 17.8 Å². The Labute approximate surface area is 103 Å². The van der Waals surface area contributed by atoms with Gasteiger partial charge in [-0.3, -0.25) is 9.59 Å². The predicted octanol–water partition coefficient (Wildman–Crippen LogP) is 2.04. The first-order chi connectivity index (χ1) is 7.90. The molecule has 0 aliphatic heterocycles. The molecule has 0 spiro atoms. The fourth-order valence-electron chi connectivity index (χ4n) is 2.52. The van der Waals surface area contributed by atoms with Crippen molar-refractivity contribution >= 4 is 11.9 Å². The molecule has 0 bridgehead atoms. The van der Waals surface area contributed by atoms with Gasteiger partial charge < -0.3 is 10.4 Å². The summed E-state index contributed by atoms with van der Waals surface area (Å²) in [4.78, 5) is 22.2. The molecule has 1 rings (SSSR count). The number of aliphatic carboxylic acids is 1. The van der Waals surface area contributed by atoms with Gasteiger partial charge in [-0.15, -0.1) is 0 Å². The van der Waals surface area contributed by atoms with Gasteiger partial charge in [-0.25, -0.2) is 0 Å². The van der Waals surface area contributed by atoms with Crippen molar-refractivity contribution in [3.05, 3.63) is 0 Å². The molecule has 2 N–H and O–H groups in total. The zero-order valence-electron chi connectivity index (χ0n) is 10.9. The summed E-state index contributed by atoms with van der Waals surface area (Å²) in [6.45, 7) is 6.18. The number of carboxylic acid groups (broad SMARTS) is 1. The van der Waals surface area contributed by atoms with E-state index in [4.69, 9.17) is 5.11 Å². The van der Waals surface area contributed by atoms with Crippen molar-refractivity contribution < 1.29 is 14.7 Å². The highest BCUT2D eigenvalue weighted by atomic mass is 16.4. The van der Waals surface area contributed by atoms with E-state index in [9.17, 15) is 9.59 Å². The monoisotopic (exact) mass is 241 g/mol. The third-order valence-electron chi connectivity index (χ3n) is 3.87. The summed E-state index contributed by atoms with van der Waals surface area (Å²) >= 11 is 0.